The highest BCUT2D eigenvalue weighted by molar-refractivity contribution is 7.92. The topological polar surface area (TPSA) is 70.2 Å². The molecule has 0 radical (unpaired) electrons. The highest BCUT2D eigenvalue weighted by Gasteiger charge is 2.31. The van der Waals surface area contributed by atoms with Crippen molar-refractivity contribution >= 4 is 27.3 Å². The second kappa shape index (κ2) is 10.8. The molecular weight excluding hydrogens is 462 g/mol. The highest BCUT2D eigenvalue weighted by Crippen LogP contribution is 2.30. The Morgan fingerprint density at radius 3 is 2.20 bits per heavy atom. The first-order valence-corrected chi connectivity index (χ1v) is 13.2. The minimum atomic E-state index is -3.92. The predicted octanol–water partition coefficient (Wildman–Crippen LogP) is 3.80. The Morgan fingerprint density at radius 1 is 0.886 bits per heavy atom. The van der Waals surface area contributed by atoms with E-state index in [9.17, 15) is 13.2 Å². The average Bonchev–Trinajstić information content (AvgIpc) is 2.92. The van der Waals surface area contributed by atoms with E-state index in [1.54, 1.807) is 54.5 Å². The lowest BCUT2D eigenvalue weighted by molar-refractivity contribution is -0.129. The summed E-state index contributed by atoms with van der Waals surface area (Å²) in [5.74, 6) is 0.582. The molecule has 0 spiro atoms. The molecule has 1 saturated heterocycles. The SMILES string of the molecule is CCc1ccccc1N(CC(=O)N1CCN(c2ccccc2OC)CC1)S(=O)(=O)c1ccccc1. The summed E-state index contributed by atoms with van der Waals surface area (Å²) in [5.41, 5.74) is 2.41. The second-order valence-electron chi connectivity index (χ2n) is 8.35. The summed E-state index contributed by atoms with van der Waals surface area (Å²) in [6.07, 6.45) is 0.656. The molecule has 0 saturated carbocycles. The normalized spacial score (nSPS) is 14.0. The number of rotatable bonds is 8. The van der Waals surface area contributed by atoms with Crippen LogP contribution in [-0.2, 0) is 21.2 Å². The van der Waals surface area contributed by atoms with E-state index < -0.39 is 10.0 Å². The van der Waals surface area contributed by atoms with Gasteiger partial charge in [0.2, 0.25) is 5.91 Å². The number of sulfonamides is 1. The maximum absolute atomic E-state index is 13.7. The van der Waals surface area contributed by atoms with Crippen LogP contribution in [0.3, 0.4) is 0 Å². The van der Waals surface area contributed by atoms with Crippen molar-refractivity contribution in [2.45, 2.75) is 18.2 Å². The van der Waals surface area contributed by atoms with Gasteiger partial charge < -0.3 is 14.5 Å². The Balaban J connectivity index is 1.56. The van der Waals surface area contributed by atoms with Crippen LogP contribution in [0.2, 0.25) is 0 Å². The first-order valence-electron chi connectivity index (χ1n) is 11.8. The number of para-hydroxylation sites is 3. The summed E-state index contributed by atoms with van der Waals surface area (Å²) in [6.45, 7) is 4.03. The molecule has 0 bridgehead atoms. The van der Waals surface area contributed by atoms with Crippen molar-refractivity contribution in [3.63, 3.8) is 0 Å². The van der Waals surface area contributed by atoms with E-state index in [1.807, 2.05) is 43.3 Å². The summed E-state index contributed by atoms with van der Waals surface area (Å²) in [6, 6.07) is 23.5. The van der Waals surface area contributed by atoms with Crippen LogP contribution < -0.4 is 13.9 Å². The summed E-state index contributed by atoms with van der Waals surface area (Å²) in [7, 11) is -2.28. The fraction of sp³-hybridized carbons (Fsp3) is 0.296. The van der Waals surface area contributed by atoms with Crippen LogP contribution >= 0.6 is 0 Å². The lowest BCUT2D eigenvalue weighted by Gasteiger charge is -2.37. The molecule has 1 aliphatic rings. The Kier molecular flexibility index (Phi) is 7.60. The molecule has 0 aliphatic carbocycles. The van der Waals surface area contributed by atoms with Gasteiger partial charge in [0.15, 0.2) is 0 Å². The molecule has 184 valence electrons. The quantitative estimate of drug-likeness (QED) is 0.477. The van der Waals surface area contributed by atoms with Crippen LogP contribution in [0.5, 0.6) is 5.75 Å². The molecule has 1 amide bonds. The van der Waals surface area contributed by atoms with E-state index in [2.05, 4.69) is 4.90 Å². The van der Waals surface area contributed by atoms with Gasteiger partial charge in [-0.1, -0.05) is 55.5 Å². The van der Waals surface area contributed by atoms with Gasteiger partial charge in [-0.25, -0.2) is 8.42 Å². The van der Waals surface area contributed by atoms with E-state index in [1.165, 1.54) is 4.31 Å². The number of benzene rings is 3. The van der Waals surface area contributed by atoms with Gasteiger partial charge >= 0.3 is 0 Å². The summed E-state index contributed by atoms with van der Waals surface area (Å²) in [5, 5.41) is 0. The van der Waals surface area contributed by atoms with Crippen molar-refractivity contribution in [3.8, 4) is 5.75 Å². The molecule has 1 heterocycles. The standard InChI is InChI=1S/C27H31N3O4S/c1-3-22-11-7-8-14-24(22)30(35(32,33)23-12-5-4-6-13-23)21-27(31)29-19-17-28(18-20-29)25-15-9-10-16-26(25)34-2/h4-16H,3,17-21H2,1-2H3. The van der Waals surface area contributed by atoms with Crippen molar-refractivity contribution in [2.75, 3.05) is 49.0 Å². The maximum atomic E-state index is 13.7. The summed E-state index contributed by atoms with van der Waals surface area (Å²) in [4.78, 5) is 17.5. The van der Waals surface area contributed by atoms with Gasteiger partial charge in [-0.2, -0.15) is 0 Å². The Labute approximate surface area is 207 Å². The van der Waals surface area contributed by atoms with E-state index in [-0.39, 0.29) is 17.3 Å². The molecule has 3 aromatic rings. The molecule has 0 unspecified atom stereocenters. The Hall–Kier alpha value is -3.52. The third-order valence-electron chi connectivity index (χ3n) is 6.31. The van der Waals surface area contributed by atoms with Gasteiger partial charge in [-0.05, 0) is 42.3 Å². The molecule has 3 aromatic carbocycles. The van der Waals surface area contributed by atoms with E-state index in [0.717, 1.165) is 17.0 Å². The number of piperazine rings is 1. The largest absolute Gasteiger partial charge is 0.495 e. The number of nitrogens with zero attached hydrogens (tertiary/aromatic N) is 3. The maximum Gasteiger partial charge on any atom is 0.264 e. The van der Waals surface area contributed by atoms with Gasteiger partial charge in [0.1, 0.15) is 12.3 Å². The molecule has 7 nitrogen and oxygen atoms in total. The van der Waals surface area contributed by atoms with Crippen molar-refractivity contribution in [2.24, 2.45) is 0 Å². The van der Waals surface area contributed by atoms with E-state index in [0.29, 0.717) is 38.3 Å². The van der Waals surface area contributed by atoms with Crippen LogP contribution in [-0.4, -0.2) is 59.1 Å². The molecule has 35 heavy (non-hydrogen) atoms. The Morgan fingerprint density at radius 2 is 1.51 bits per heavy atom. The summed E-state index contributed by atoms with van der Waals surface area (Å²) >= 11 is 0. The molecule has 0 atom stereocenters. The highest BCUT2D eigenvalue weighted by atomic mass is 32.2. The number of hydrogen-bond donors (Lipinski definition) is 0. The molecule has 1 aliphatic heterocycles. The third-order valence-corrected chi connectivity index (χ3v) is 8.08. The van der Waals surface area contributed by atoms with Gasteiger partial charge in [0, 0.05) is 26.2 Å². The first kappa shape index (κ1) is 24.6. The van der Waals surface area contributed by atoms with E-state index >= 15 is 0 Å². The van der Waals surface area contributed by atoms with Crippen LogP contribution in [0.4, 0.5) is 11.4 Å². The van der Waals surface area contributed by atoms with Crippen molar-refractivity contribution < 1.29 is 17.9 Å². The first-order chi connectivity index (χ1) is 17.0. The zero-order valence-corrected chi connectivity index (χ0v) is 20.9. The van der Waals surface area contributed by atoms with Crippen LogP contribution in [0, 0.1) is 0 Å². The lowest BCUT2D eigenvalue weighted by atomic mass is 10.1. The minimum absolute atomic E-state index is 0.166. The zero-order chi connectivity index (χ0) is 24.8. The number of carbonyl (C=O) groups is 1. The van der Waals surface area contributed by atoms with Crippen LogP contribution in [0.25, 0.3) is 0 Å². The van der Waals surface area contributed by atoms with Gasteiger partial charge in [-0.15, -0.1) is 0 Å². The van der Waals surface area contributed by atoms with Gasteiger partial charge in [0.25, 0.3) is 10.0 Å². The molecular formula is C27H31N3O4S. The van der Waals surface area contributed by atoms with Crippen molar-refractivity contribution in [1.29, 1.82) is 0 Å². The molecule has 8 heteroatoms. The predicted molar refractivity (Wildman–Crippen MR) is 139 cm³/mol. The summed E-state index contributed by atoms with van der Waals surface area (Å²) < 4.78 is 34.1. The molecule has 0 aromatic heterocycles. The van der Waals surface area contributed by atoms with Crippen LogP contribution in [0.1, 0.15) is 12.5 Å². The number of hydrogen-bond acceptors (Lipinski definition) is 5. The number of anilines is 2. The fourth-order valence-corrected chi connectivity index (χ4v) is 5.86. The third kappa shape index (κ3) is 5.27. The molecule has 1 fully saturated rings. The average molecular weight is 494 g/mol. The Bertz CT molecular complexity index is 1260. The number of ether oxygens (including phenoxy) is 1. The molecule has 4 rings (SSSR count). The number of carbonyl (C=O) groups excluding carboxylic acids is 1. The smallest absolute Gasteiger partial charge is 0.264 e. The second-order valence-corrected chi connectivity index (χ2v) is 10.2. The number of methoxy groups -OCH3 is 1. The van der Waals surface area contributed by atoms with Crippen molar-refractivity contribution in [1.82, 2.24) is 4.90 Å². The van der Waals surface area contributed by atoms with E-state index in [4.69, 9.17) is 4.74 Å². The number of aryl methyl sites for hydroxylation is 1. The lowest BCUT2D eigenvalue weighted by Crippen LogP contribution is -2.52. The molecule has 0 N–H and O–H groups in total. The van der Waals surface area contributed by atoms with Gasteiger partial charge in [-0.3, -0.25) is 9.10 Å². The van der Waals surface area contributed by atoms with Gasteiger partial charge in [0.05, 0.1) is 23.4 Å². The monoisotopic (exact) mass is 493 g/mol. The minimum Gasteiger partial charge on any atom is -0.495 e. The number of amides is 1. The van der Waals surface area contributed by atoms with Crippen molar-refractivity contribution in [3.05, 3.63) is 84.4 Å². The zero-order valence-electron chi connectivity index (χ0n) is 20.1. The van der Waals surface area contributed by atoms with Crippen LogP contribution in [0.15, 0.2) is 83.8 Å². The fourth-order valence-electron chi connectivity index (χ4n) is 4.38.